The lowest BCUT2D eigenvalue weighted by atomic mass is 10.1. The summed E-state index contributed by atoms with van der Waals surface area (Å²) in [5.74, 6) is 0.633. The van der Waals surface area contributed by atoms with Gasteiger partial charge in [0.05, 0.1) is 10.6 Å². The first kappa shape index (κ1) is 10.4. The highest BCUT2D eigenvalue weighted by Crippen LogP contribution is 2.70. The van der Waals surface area contributed by atoms with Crippen LogP contribution in [0, 0.1) is 0 Å². The van der Waals surface area contributed by atoms with Crippen molar-refractivity contribution in [2.45, 2.75) is 32.6 Å². The number of unbranched alkanes of at least 4 members (excludes halogenated alkanes) is 2. The number of imidazole rings is 1. The van der Waals surface area contributed by atoms with E-state index in [-0.39, 0.29) is 5.69 Å². The average Bonchev–Trinajstić information content (AvgIpc) is 2.90. The van der Waals surface area contributed by atoms with Crippen LogP contribution < -0.4 is 21.8 Å². The number of H-pyrrole nitrogens is 2. The summed E-state index contributed by atoms with van der Waals surface area (Å²) < 4.78 is 17.5. The van der Waals surface area contributed by atoms with E-state index in [2.05, 4.69) is 16.9 Å². The standard InChI is InChI=1S/C12H13N2O3P/c1-2-3-4-5-6-7(14-12(15)13-6)8-9-10-11(17-8)18(9,10)16/h2-5H2,1H3,(H2,13,14,15). The third-order valence-corrected chi connectivity index (χ3v) is 6.27. The molecule has 1 unspecified atom stereocenters. The lowest BCUT2D eigenvalue weighted by Gasteiger charge is -1.99. The molecule has 3 aliphatic rings. The molecule has 0 fully saturated rings. The molecule has 3 aliphatic heterocycles. The topological polar surface area (TPSA) is 78.9 Å². The minimum Gasteiger partial charge on any atom is -0.449 e. The average molecular weight is 264 g/mol. The Morgan fingerprint density at radius 3 is 2.61 bits per heavy atom. The Hall–Kier alpha value is -1.48. The highest BCUT2D eigenvalue weighted by atomic mass is 31.2. The predicted molar refractivity (Wildman–Crippen MR) is 68.9 cm³/mol. The van der Waals surface area contributed by atoms with Gasteiger partial charge in [0.2, 0.25) is 7.14 Å². The summed E-state index contributed by atoms with van der Waals surface area (Å²) in [4.78, 5) is 17.0. The minimum atomic E-state index is -2.20. The molecule has 0 amide bonds. The van der Waals surface area contributed by atoms with Gasteiger partial charge in [0.15, 0.2) is 11.3 Å². The van der Waals surface area contributed by atoms with Crippen molar-refractivity contribution in [1.82, 2.24) is 9.97 Å². The van der Waals surface area contributed by atoms with Crippen LogP contribution in [0.3, 0.4) is 0 Å². The van der Waals surface area contributed by atoms with Crippen molar-refractivity contribution >= 4 is 23.3 Å². The second kappa shape index (κ2) is 3.09. The van der Waals surface area contributed by atoms with Crippen LogP contribution in [-0.2, 0) is 11.0 Å². The van der Waals surface area contributed by atoms with Crippen LogP contribution in [0.25, 0.3) is 11.5 Å². The summed E-state index contributed by atoms with van der Waals surface area (Å²) in [5.41, 5.74) is 2.03. The number of rotatable bonds is 5. The van der Waals surface area contributed by atoms with Crippen molar-refractivity contribution in [3.05, 3.63) is 16.2 Å². The zero-order valence-electron chi connectivity index (χ0n) is 10.0. The van der Waals surface area contributed by atoms with E-state index in [1.165, 1.54) is 0 Å². The third-order valence-electron chi connectivity index (χ3n) is 3.72. The van der Waals surface area contributed by atoms with Crippen molar-refractivity contribution in [3.8, 4) is 11.5 Å². The maximum absolute atomic E-state index is 11.9. The normalized spacial score (nSPS) is 22.1. The summed E-state index contributed by atoms with van der Waals surface area (Å²) in [7, 11) is -2.20. The van der Waals surface area contributed by atoms with Crippen molar-refractivity contribution in [2.24, 2.45) is 0 Å². The number of nitrogens with one attached hydrogen (secondary N) is 2. The molecule has 2 aromatic rings. The fourth-order valence-corrected chi connectivity index (χ4v) is 5.11. The van der Waals surface area contributed by atoms with Crippen molar-refractivity contribution in [1.29, 1.82) is 0 Å². The van der Waals surface area contributed by atoms with Crippen LogP contribution in [0.5, 0.6) is 0 Å². The molecule has 0 radical (unpaired) electrons. The van der Waals surface area contributed by atoms with E-state index in [9.17, 15) is 9.36 Å². The van der Waals surface area contributed by atoms with Crippen molar-refractivity contribution in [3.63, 3.8) is 0 Å². The van der Waals surface area contributed by atoms with Crippen molar-refractivity contribution in [2.75, 3.05) is 0 Å². The maximum atomic E-state index is 11.9. The Balaban J connectivity index is 1.70. The van der Waals surface area contributed by atoms with Gasteiger partial charge in [-0.25, -0.2) is 4.79 Å². The van der Waals surface area contributed by atoms with Gasteiger partial charge in [-0.3, -0.25) is 0 Å². The van der Waals surface area contributed by atoms with Crippen LogP contribution in [0.4, 0.5) is 0 Å². The molecule has 0 aliphatic carbocycles. The summed E-state index contributed by atoms with van der Waals surface area (Å²) >= 11 is 0. The lowest BCUT2D eigenvalue weighted by molar-refractivity contribution is 0.590. The fourth-order valence-electron chi connectivity index (χ4n) is 2.62. The second-order valence-corrected chi connectivity index (χ2v) is 7.45. The highest BCUT2D eigenvalue weighted by molar-refractivity contribution is 8.06. The molecular formula is C12H13N2O3P. The van der Waals surface area contributed by atoms with E-state index in [1.54, 1.807) is 0 Å². The van der Waals surface area contributed by atoms with E-state index in [1.807, 2.05) is 0 Å². The van der Waals surface area contributed by atoms with Gasteiger partial charge in [-0.05, 0) is 12.8 Å². The quantitative estimate of drug-likeness (QED) is 0.416. The summed E-state index contributed by atoms with van der Waals surface area (Å²) in [6, 6.07) is 0. The molecule has 2 bridgehead atoms. The molecule has 18 heavy (non-hydrogen) atoms. The Bertz CT molecular complexity index is 756. The Morgan fingerprint density at radius 2 is 2.00 bits per heavy atom. The fraction of sp³-hybridized carbons (Fsp3) is 0.417. The SMILES string of the molecule is CCCCCc1[nH]c(=O)[nH]c1-c1oc2c3c1P23=O. The number of fused-ring (bicyclic) bond motifs is 1. The molecule has 6 heteroatoms. The number of aryl methyl sites for hydroxylation is 1. The van der Waals surface area contributed by atoms with Crippen LogP contribution in [-0.4, -0.2) is 9.97 Å². The van der Waals surface area contributed by atoms with Gasteiger partial charge in [0.1, 0.15) is 5.69 Å². The van der Waals surface area contributed by atoms with Gasteiger partial charge in [-0.2, -0.15) is 0 Å². The molecule has 0 aromatic carbocycles. The van der Waals surface area contributed by atoms with Gasteiger partial charge < -0.3 is 19.0 Å². The van der Waals surface area contributed by atoms with E-state index < -0.39 is 7.14 Å². The third kappa shape index (κ3) is 1.08. The number of aromatic nitrogens is 2. The molecule has 2 N–H and O–H groups in total. The smallest absolute Gasteiger partial charge is 0.323 e. The van der Waals surface area contributed by atoms with E-state index in [0.29, 0.717) is 17.0 Å². The minimum absolute atomic E-state index is 0.222. The van der Waals surface area contributed by atoms with Gasteiger partial charge in [0, 0.05) is 5.69 Å². The number of hydrogen-bond donors (Lipinski definition) is 2. The molecule has 2 aromatic heterocycles. The first-order valence-corrected chi connectivity index (χ1v) is 7.98. The number of furan rings is 1. The molecule has 5 rings (SSSR count). The van der Waals surface area contributed by atoms with Crippen LogP contribution in [0.2, 0.25) is 0 Å². The summed E-state index contributed by atoms with van der Waals surface area (Å²) in [5, 5.41) is 1.79. The molecule has 0 saturated heterocycles. The van der Waals surface area contributed by atoms with Crippen LogP contribution in [0.15, 0.2) is 9.21 Å². The largest absolute Gasteiger partial charge is 0.449 e. The summed E-state index contributed by atoms with van der Waals surface area (Å²) in [6.07, 6.45) is 4.12. The highest BCUT2D eigenvalue weighted by Gasteiger charge is 2.74. The molecule has 0 spiro atoms. The van der Waals surface area contributed by atoms with Crippen LogP contribution in [0.1, 0.15) is 31.9 Å². The molecule has 5 nitrogen and oxygen atoms in total. The summed E-state index contributed by atoms with van der Waals surface area (Å²) in [6.45, 7) is 2.14. The van der Waals surface area contributed by atoms with Crippen LogP contribution >= 0.6 is 7.14 Å². The molecule has 94 valence electrons. The zero-order valence-corrected chi connectivity index (χ0v) is 10.9. The van der Waals surface area contributed by atoms with Gasteiger partial charge >= 0.3 is 5.69 Å². The Kier molecular flexibility index (Phi) is 1.80. The second-order valence-electron chi connectivity index (χ2n) is 4.93. The first-order chi connectivity index (χ1) is 8.67. The van der Waals surface area contributed by atoms with E-state index in [0.717, 1.165) is 42.0 Å². The molecule has 0 saturated carbocycles. The first-order valence-electron chi connectivity index (χ1n) is 6.28. The maximum Gasteiger partial charge on any atom is 0.323 e. The molecular weight excluding hydrogens is 251 g/mol. The molecule has 5 heterocycles. The Morgan fingerprint density at radius 1 is 1.22 bits per heavy atom. The Labute approximate surface area is 103 Å². The van der Waals surface area contributed by atoms with E-state index >= 15 is 0 Å². The van der Waals surface area contributed by atoms with Gasteiger partial charge in [-0.15, -0.1) is 0 Å². The molecule has 1 atom stereocenters. The predicted octanol–water partition coefficient (Wildman–Crippen LogP) is 0.962. The van der Waals surface area contributed by atoms with Crippen molar-refractivity contribution < 1.29 is 8.98 Å². The number of aromatic amines is 2. The lowest BCUT2D eigenvalue weighted by Crippen LogP contribution is -2.01. The number of hydrogen-bond acceptors (Lipinski definition) is 3. The van der Waals surface area contributed by atoms with E-state index in [4.69, 9.17) is 4.42 Å². The zero-order chi connectivity index (χ0) is 12.5. The van der Waals surface area contributed by atoms with Gasteiger partial charge in [-0.1, -0.05) is 19.8 Å². The van der Waals surface area contributed by atoms with Gasteiger partial charge in [0.25, 0.3) is 0 Å². The monoisotopic (exact) mass is 264 g/mol.